The number of rotatable bonds is 2. The van der Waals surface area contributed by atoms with Crippen LogP contribution in [0.4, 0.5) is 5.82 Å². The van der Waals surface area contributed by atoms with Gasteiger partial charge in [0.05, 0.1) is 0 Å². The molecule has 0 saturated carbocycles. The van der Waals surface area contributed by atoms with Gasteiger partial charge in [-0.3, -0.25) is 4.90 Å². The quantitative estimate of drug-likeness (QED) is 0.776. The fraction of sp³-hybridized carbons (Fsp3) is 0.667. The van der Waals surface area contributed by atoms with Crippen molar-refractivity contribution in [1.29, 1.82) is 0 Å². The minimum atomic E-state index is 0.548. The number of anilines is 1. The third-order valence-corrected chi connectivity index (χ3v) is 5.08. The average molecular weight is 280 g/mol. The summed E-state index contributed by atoms with van der Waals surface area (Å²) < 4.78 is 0. The minimum Gasteiger partial charge on any atom is -0.355 e. The molecule has 2 aliphatic heterocycles. The first-order valence-corrected chi connectivity index (χ1v) is 7.72. The lowest BCUT2D eigenvalue weighted by molar-refractivity contribution is 0.254. The number of nitrogens with zero attached hydrogens (tertiary/aromatic N) is 3. The van der Waals surface area contributed by atoms with Gasteiger partial charge in [0.15, 0.2) is 0 Å². The number of aromatic nitrogens is 1. The Morgan fingerprint density at radius 1 is 1.26 bits per heavy atom. The number of alkyl halides is 1. The van der Waals surface area contributed by atoms with Gasteiger partial charge in [0.2, 0.25) is 0 Å². The van der Waals surface area contributed by atoms with E-state index >= 15 is 0 Å². The molecule has 0 spiro atoms. The Morgan fingerprint density at radius 3 is 2.79 bits per heavy atom. The Morgan fingerprint density at radius 2 is 2.05 bits per heavy atom. The van der Waals surface area contributed by atoms with Gasteiger partial charge in [-0.05, 0) is 44.9 Å². The van der Waals surface area contributed by atoms with Gasteiger partial charge >= 0.3 is 0 Å². The smallest absolute Gasteiger partial charge is 0.128 e. The molecule has 0 aromatic carbocycles. The Labute approximate surface area is 120 Å². The normalized spacial score (nSPS) is 27.6. The molecule has 0 radical (unpaired) electrons. The lowest BCUT2D eigenvalue weighted by Gasteiger charge is -2.27. The molecular weight excluding hydrogens is 258 g/mol. The maximum Gasteiger partial charge on any atom is 0.128 e. The third-order valence-electron chi connectivity index (χ3n) is 4.80. The first-order chi connectivity index (χ1) is 9.19. The maximum atomic E-state index is 5.91. The van der Waals surface area contributed by atoms with E-state index in [9.17, 15) is 0 Å². The molecule has 0 N–H and O–H groups in total. The molecule has 1 aromatic heterocycles. The Kier molecular flexibility index (Phi) is 3.68. The average Bonchev–Trinajstić information content (AvgIpc) is 2.63. The molecule has 2 atom stereocenters. The van der Waals surface area contributed by atoms with Gasteiger partial charge in [-0.1, -0.05) is 6.07 Å². The number of hydrogen-bond donors (Lipinski definition) is 0. The predicted octanol–water partition coefficient (Wildman–Crippen LogP) is 2.80. The van der Waals surface area contributed by atoms with Gasteiger partial charge < -0.3 is 4.90 Å². The van der Waals surface area contributed by atoms with Gasteiger partial charge in [-0.25, -0.2) is 4.98 Å². The largest absolute Gasteiger partial charge is 0.355 e. The van der Waals surface area contributed by atoms with Crippen LogP contribution in [-0.2, 0) is 5.88 Å². The Balaban J connectivity index is 1.81. The van der Waals surface area contributed by atoms with Crippen LogP contribution in [0.2, 0.25) is 0 Å². The van der Waals surface area contributed by atoms with Crippen molar-refractivity contribution in [1.82, 2.24) is 9.88 Å². The molecule has 0 aliphatic carbocycles. The molecule has 2 fully saturated rings. The van der Waals surface area contributed by atoms with Crippen molar-refractivity contribution in [3.8, 4) is 0 Å². The van der Waals surface area contributed by atoms with Crippen LogP contribution in [0, 0.1) is 6.92 Å². The molecule has 2 unspecified atom stereocenters. The molecule has 3 heterocycles. The summed E-state index contributed by atoms with van der Waals surface area (Å²) >= 11 is 5.91. The van der Waals surface area contributed by atoms with E-state index in [0.29, 0.717) is 11.9 Å². The lowest BCUT2D eigenvalue weighted by Crippen LogP contribution is -2.37. The summed E-state index contributed by atoms with van der Waals surface area (Å²) in [6, 6.07) is 5.72. The summed E-state index contributed by atoms with van der Waals surface area (Å²) in [5.41, 5.74) is 2.20. The maximum absolute atomic E-state index is 5.91. The van der Waals surface area contributed by atoms with Crippen molar-refractivity contribution < 1.29 is 0 Å². The molecule has 2 aliphatic rings. The van der Waals surface area contributed by atoms with Gasteiger partial charge in [0.1, 0.15) is 5.82 Å². The molecule has 3 nitrogen and oxygen atoms in total. The highest BCUT2D eigenvalue weighted by atomic mass is 35.5. The fourth-order valence-electron chi connectivity index (χ4n) is 3.41. The van der Waals surface area contributed by atoms with Gasteiger partial charge in [0.25, 0.3) is 0 Å². The van der Waals surface area contributed by atoms with Gasteiger partial charge in [-0.15, -0.1) is 11.6 Å². The van der Waals surface area contributed by atoms with Crippen LogP contribution in [0.1, 0.15) is 30.5 Å². The number of hydrogen-bond acceptors (Lipinski definition) is 3. The van der Waals surface area contributed by atoms with E-state index in [1.165, 1.54) is 19.3 Å². The van der Waals surface area contributed by atoms with Crippen LogP contribution in [0.3, 0.4) is 0 Å². The number of pyridine rings is 1. The second-order valence-corrected chi connectivity index (χ2v) is 6.10. The van der Waals surface area contributed by atoms with Crippen molar-refractivity contribution in [3.05, 3.63) is 23.4 Å². The first-order valence-electron chi connectivity index (χ1n) is 7.18. The molecule has 104 valence electrons. The number of fused-ring (bicyclic) bond motifs is 2. The van der Waals surface area contributed by atoms with Crippen molar-refractivity contribution in [2.45, 2.75) is 44.1 Å². The van der Waals surface area contributed by atoms with Crippen LogP contribution in [-0.4, -0.2) is 42.1 Å². The number of aryl methyl sites for hydroxylation is 1. The van der Waals surface area contributed by atoms with E-state index in [-0.39, 0.29) is 0 Å². The van der Waals surface area contributed by atoms with E-state index in [0.717, 1.165) is 36.2 Å². The number of halogens is 1. The van der Waals surface area contributed by atoms with Crippen molar-refractivity contribution in [3.63, 3.8) is 0 Å². The second kappa shape index (κ2) is 5.29. The van der Waals surface area contributed by atoms with Crippen molar-refractivity contribution in [2.75, 3.05) is 25.0 Å². The van der Waals surface area contributed by atoms with Crippen LogP contribution in [0.25, 0.3) is 0 Å². The summed E-state index contributed by atoms with van der Waals surface area (Å²) in [6.07, 6.45) is 3.95. The minimum absolute atomic E-state index is 0.548. The number of likely N-dealkylation sites (N-methyl/N-ethyl adjacent to an activating group) is 1. The monoisotopic (exact) mass is 279 g/mol. The fourth-order valence-corrected chi connectivity index (χ4v) is 3.69. The van der Waals surface area contributed by atoms with E-state index in [1.54, 1.807) is 0 Å². The summed E-state index contributed by atoms with van der Waals surface area (Å²) in [5.74, 6) is 1.67. The summed E-state index contributed by atoms with van der Waals surface area (Å²) in [4.78, 5) is 9.76. The summed E-state index contributed by atoms with van der Waals surface area (Å²) in [5, 5.41) is 0. The Hall–Kier alpha value is -0.800. The molecule has 3 rings (SSSR count). The van der Waals surface area contributed by atoms with E-state index < -0.39 is 0 Å². The third kappa shape index (κ3) is 2.46. The highest BCUT2D eigenvalue weighted by molar-refractivity contribution is 6.17. The van der Waals surface area contributed by atoms with Gasteiger partial charge in [-0.2, -0.15) is 0 Å². The van der Waals surface area contributed by atoms with Crippen LogP contribution in [0.5, 0.6) is 0 Å². The lowest BCUT2D eigenvalue weighted by atomic mass is 10.1. The zero-order valence-corrected chi connectivity index (χ0v) is 12.5. The van der Waals surface area contributed by atoms with E-state index in [2.05, 4.69) is 35.9 Å². The molecule has 1 aromatic rings. The summed E-state index contributed by atoms with van der Waals surface area (Å²) in [6.45, 7) is 4.29. The predicted molar refractivity (Wildman–Crippen MR) is 79.9 cm³/mol. The van der Waals surface area contributed by atoms with Gasteiger partial charge in [0, 0.05) is 36.7 Å². The molecule has 4 heteroatoms. The highest BCUT2D eigenvalue weighted by Gasteiger charge is 2.34. The molecule has 19 heavy (non-hydrogen) atoms. The van der Waals surface area contributed by atoms with Crippen LogP contribution in [0.15, 0.2) is 12.1 Å². The second-order valence-electron chi connectivity index (χ2n) is 5.83. The molecule has 2 bridgehead atoms. The Bertz CT molecular complexity index is 463. The SMILES string of the molecule is Cc1nc(N2CCC3CCC(C2)N3C)ccc1CCl. The zero-order valence-electron chi connectivity index (χ0n) is 11.8. The first kappa shape index (κ1) is 13.2. The van der Waals surface area contributed by atoms with E-state index in [1.807, 2.05) is 0 Å². The van der Waals surface area contributed by atoms with Crippen LogP contribution < -0.4 is 4.90 Å². The van der Waals surface area contributed by atoms with Crippen molar-refractivity contribution >= 4 is 17.4 Å². The molecule has 2 saturated heterocycles. The topological polar surface area (TPSA) is 19.4 Å². The molecular formula is C15H22ClN3. The summed E-state index contributed by atoms with van der Waals surface area (Å²) in [7, 11) is 2.28. The highest BCUT2D eigenvalue weighted by Crippen LogP contribution is 2.30. The van der Waals surface area contributed by atoms with E-state index in [4.69, 9.17) is 16.6 Å². The van der Waals surface area contributed by atoms with Crippen molar-refractivity contribution in [2.24, 2.45) is 0 Å². The molecule has 0 amide bonds. The zero-order chi connectivity index (χ0) is 13.4. The van der Waals surface area contributed by atoms with Crippen LogP contribution >= 0.6 is 11.6 Å². The standard InChI is InChI=1S/C15H22ClN3/c1-11-12(9-16)3-6-15(17-11)19-8-7-13-4-5-14(10-19)18(13)2/h3,6,13-14H,4-5,7-10H2,1-2H3.